The quantitative estimate of drug-likeness (QED) is 0.822. The molecular formula is C13H18N2O2S. The highest BCUT2D eigenvalue weighted by atomic mass is 32.1. The molecule has 98 valence electrons. The van der Waals surface area contributed by atoms with E-state index in [0.29, 0.717) is 16.3 Å². The number of aryl methyl sites for hydroxylation is 2. The minimum absolute atomic E-state index is 0.0598. The highest BCUT2D eigenvalue weighted by Gasteiger charge is 2.31. The van der Waals surface area contributed by atoms with Crippen molar-refractivity contribution in [1.82, 2.24) is 5.32 Å². The lowest BCUT2D eigenvalue weighted by molar-refractivity contribution is 0.0932. The lowest BCUT2D eigenvalue weighted by Gasteiger charge is -2.19. The fourth-order valence-electron chi connectivity index (χ4n) is 2.58. The van der Waals surface area contributed by atoms with Crippen LogP contribution in [0.15, 0.2) is 10.5 Å². The molecule has 5 heteroatoms. The van der Waals surface area contributed by atoms with Crippen LogP contribution in [-0.2, 0) is 0 Å². The number of thiocarbonyl (C=S) groups is 1. The maximum absolute atomic E-state index is 12.1. The molecule has 1 heterocycles. The Morgan fingerprint density at radius 2 is 2.22 bits per heavy atom. The van der Waals surface area contributed by atoms with E-state index in [1.165, 1.54) is 0 Å². The lowest BCUT2D eigenvalue weighted by atomic mass is 10.0. The molecule has 4 nitrogen and oxygen atoms in total. The molecule has 18 heavy (non-hydrogen) atoms. The Labute approximate surface area is 112 Å². The number of carbonyl (C=O) groups is 1. The molecule has 1 fully saturated rings. The van der Waals surface area contributed by atoms with Gasteiger partial charge in [-0.05, 0) is 32.8 Å². The third-order valence-electron chi connectivity index (χ3n) is 3.48. The molecule has 2 rings (SSSR count). The summed E-state index contributed by atoms with van der Waals surface area (Å²) in [5.41, 5.74) is 6.30. The van der Waals surface area contributed by atoms with Crippen molar-refractivity contribution in [2.24, 2.45) is 11.7 Å². The van der Waals surface area contributed by atoms with Crippen molar-refractivity contribution < 1.29 is 9.21 Å². The van der Waals surface area contributed by atoms with Gasteiger partial charge < -0.3 is 15.5 Å². The first-order valence-electron chi connectivity index (χ1n) is 6.16. The van der Waals surface area contributed by atoms with Crippen molar-refractivity contribution in [2.75, 3.05) is 0 Å². The molecule has 1 saturated carbocycles. The fraction of sp³-hybridized carbons (Fsp3) is 0.538. The van der Waals surface area contributed by atoms with E-state index in [-0.39, 0.29) is 17.9 Å². The van der Waals surface area contributed by atoms with E-state index in [9.17, 15) is 4.79 Å². The van der Waals surface area contributed by atoms with Gasteiger partial charge in [-0.15, -0.1) is 0 Å². The summed E-state index contributed by atoms with van der Waals surface area (Å²) >= 11 is 5.04. The zero-order chi connectivity index (χ0) is 13.3. The minimum Gasteiger partial charge on any atom is -0.466 e. The Morgan fingerprint density at radius 1 is 1.50 bits per heavy atom. The first-order valence-corrected chi connectivity index (χ1v) is 6.57. The van der Waals surface area contributed by atoms with E-state index in [1.807, 2.05) is 6.92 Å². The normalized spacial score (nSPS) is 23.0. The molecule has 0 spiro atoms. The molecule has 0 radical (unpaired) electrons. The van der Waals surface area contributed by atoms with Gasteiger partial charge in [-0.3, -0.25) is 4.79 Å². The maximum Gasteiger partial charge on any atom is 0.255 e. The van der Waals surface area contributed by atoms with Crippen molar-refractivity contribution in [3.8, 4) is 0 Å². The van der Waals surface area contributed by atoms with E-state index < -0.39 is 0 Å². The highest BCUT2D eigenvalue weighted by molar-refractivity contribution is 7.80. The number of amides is 1. The standard InChI is InChI=1S/C13H18N2O2S/c1-7-6-10(8(2)17-7)13(16)15-11-5-3-4-9(11)12(14)18/h6,9,11H,3-5H2,1-2H3,(H2,14,18)(H,15,16). The van der Waals surface area contributed by atoms with Gasteiger partial charge in [0.2, 0.25) is 0 Å². The molecule has 2 atom stereocenters. The van der Waals surface area contributed by atoms with Crippen molar-refractivity contribution in [1.29, 1.82) is 0 Å². The Hall–Kier alpha value is -1.36. The second kappa shape index (κ2) is 5.10. The summed E-state index contributed by atoms with van der Waals surface area (Å²) < 4.78 is 5.36. The van der Waals surface area contributed by atoms with E-state index in [4.69, 9.17) is 22.4 Å². The number of furan rings is 1. The van der Waals surface area contributed by atoms with Crippen molar-refractivity contribution in [3.63, 3.8) is 0 Å². The van der Waals surface area contributed by atoms with Gasteiger partial charge in [-0.2, -0.15) is 0 Å². The molecule has 3 N–H and O–H groups in total. The topological polar surface area (TPSA) is 68.3 Å². The molecule has 1 aliphatic carbocycles. The zero-order valence-corrected chi connectivity index (χ0v) is 11.5. The summed E-state index contributed by atoms with van der Waals surface area (Å²) in [5, 5.41) is 3.01. The van der Waals surface area contributed by atoms with Crippen molar-refractivity contribution >= 4 is 23.1 Å². The van der Waals surface area contributed by atoms with Crippen molar-refractivity contribution in [2.45, 2.75) is 39.2 Å². The molecule has 1 amide bonds. The molecule has 0 bridgehead atoms. The average molecular weight is 266 g/mol. The Kier molecular flexibility index (Phi) is 3.71. The van der Waals surface area contributed by atoms with Crippen LogP contribution in [0.1, 0.15) is 41.1 Å². The Morgan fingerprint density at radius 3 is 2.78 bits per heavy atom. The van der Waals surface area contributed by atoms with E-state index in [0.717, 1.165) is 25.0 Å². The summed E-state index contributed by atoms with van der Waals surface area (Å²) in [5.74, 6) is 1.42. The fourth-order valence-corrected chi connectivity index (χ4v) is 2.86. The summed E-state index contributed by atoms with van der Waals surface area (Å²) in [7, 11) is 0. The van der Waals surface area contributed by atoms with Crippen LogP contribution in [0, 0.1) is 19.8 Å². The van der Waals surface area contributed by atoms with Gasteiger partial charge in [0, 0.05) is 12.0 Å². The van der Waals surface area contributed by atoms with Gasteiger partial charge in [0.1, 0.15) is 11.5 Å². The van der Waals surface area contributed by atoms with Crippen LogP contribution in [-0.4, -0.2) is 16.9 Å². The Balaban J connectivity index is 2.07. The first-order chi connectivity index (χ1) is 8.49. The van der Waals surface area contributed by atoms with Gasteiger partial charge in [0.25, 0.3) is 5.91 Å². The summed E-state index contributed by atoms with van der Waals surface area (Å²) in [6.45, 7) is 3.62. The van der Waals surface area contributed by atoms with Crippen LogP contribution in [0.5, 0.6) is 0 Å². The molecular weight excluding hydrogens is 248 g/mol. The molecule has 0 aliphatic heterocycles. The lowest BCUT2D eigenvalue weighted by Crippen LogP contribution is -2.41. The van der Waals surface area contributed by atoms with Crippen LogP contribution in [0.25, 0.3) is 0 Å². The highest BCUT2D eigenvalue weighted by Crippen LogP contribution is 2.26. The third-order valence-corrected chi connectivity index (χ3v) is 3.79. The zero-order valence-electron chi connectivity index (χ0n) is 10.7. The number of hydrogen-bond acceptors (Lipinski definition) is 3. The molecule has 1 aromatic heterocycles. The molecule has 1 aromatic rings. The number of nitrogens with one attached hydrogen (secondary N) is 1. The monoisotopic (exact) mass is 266 g/mol. The van der Waals surface area contributed by atoms with Crippen LogP contribution >= 0.6 is 12.2 Å². The number of carbonyl (C=O) groups excluding carboxylic acids is 1. The second-order valence-corrected chi connectivity index (χ2v) is 5.32. The average Bonchev–Trinajstić information content (AvgIpc) is 2.85. The first kappa shape index (κ1) is 13.1. The predicted octanol–water partition coefficient (Wildman–Crippen LogP) is 2.08. The molecule has 2 unspecified atom stereocenters. The van der Waals surface area contributed by atoms with Crippen LogP contribution in [0.3, 0.4) is 0 Å². The second-order valence-electron chi connectivity index (χ2n) is 4.85. The molecule has 0 aromatic carbocycles. The Bertz CT molecular complexity index is 481. The molecule has 0 saturated heterocycles. The number of rotatable bonds is 3. The van der Waals surface area contributed by atoms with Gasteiger partial charge in [0.05, 0.1) is 10.6 Å². The summed E-state index contributed by atoms with van der Waals surface area (Å²) in [4.78, 5) is 12.6. The number of hydrogen-bond donors (Lipinski definition) is 2. The van der Waals surface area contributed by atoms with Gasteiger partial charge in [-0.25, -0.2) is 0 Å². The van der Waals surface area contributed by atoms with Gasteiger partial charge in [0.15, 0.2) is 0 Å². The van der Waals surface area contributed by atoms with Gasteiger partial charge in [-0.1, -0.05) is 18.6 Å². The summed E-state index contributed by atoms with van der Waals surface area (Å²) in [6, 6.07) is 1.82. The largest absolute Gasteiger partial charge is 0.466 e. The number of nitrogens with two attached hydrogens (primary N) is 1. The van der Waals surface area contributed by atoms with Crippen LogP contribution in [0.2, 0.25) is 0 Å². The smallest absolute Gasteiger partial charge is 0.255 e. The maximum atomic E-state index is 12.1. The van der Waals surface area contributed by atoms with Crippen LogP contribution in [0.4, 0.5) is 0 Å². The predicted molar refractivity (Wildman–Crippen MR) is 73.6 cm³/mol. The van der Waals surface area contributed by atoms with E-state index in [1.54, 1.807) is 13.0 Å². The van der Waals surface area contributed by atoms with Crippen LogP contribution < -0.4 is 11.1 Å². The summed E-state index contributed by atoms with van der Waals surface area (Å²) in [6.07, 6.45) is 2.95. The SMILES string of the molecule is Cc1cc(C(=O)NC2CCCC2C(N)=S)c(C)o1. The third kappa shape index (κ3) is 2.56. The van der Waals surface area contributed by atoms with E-state index in [2.05, 4.69) is 5.32 Å². The van der Waals surface area contributed by atoms with E-state index >= 15 is 0 Å². The van der Waals surface area contributed by atoms with Crippen molar-refractivity contribution in [3.05, 3.63) is 23.2 Å². The minimum atomic E-state index is -0.0995. The van der Waals surface area contributed by atoms with Gasteiger partial charge >= 0.3 is 0 Å². The molecule has 1 aliphatic rings.